The van der Waals surface area contributed by atoms with Crippen molar-refractivity contribution in [1.82, 2.24) is 9.99 Å². The van der Waals surface area contributed by atoms with Gasteiger partial charge in [-0.3, -0.25) is 4.79 Å². The second kappa shape index (κ2) is 7.92. The van der Waals surface area contributed by atoms with Gasteiger partial charge in [0.25, 0.3) is 0 Å². The largest absolute Gasteiger partial charge is 0.475 e. The monoisotopic (exact) mass is 427 g/mol. The summed E-state index contributed by atoms with van der Waals surface area (Å²) in [6.07, 6.45) is 3.43. The molecule has 0 unspecified atom stereocenters. The SMILES string of the molecule is O=C(O)c1ccc(Cn2cc(/C=N/NC(=O)c3cc4ccccc4o3)c3ccccc32)o1. The van der Waals surface area contributed by atoms with E-state index in [9.17, 15) is 9.59 Å². The van der Waals surface area contributed by atoms with Gasteiger partial charge in [-0.25, -0.2) is 10.2 Å². The Kier molecular flexibility index (Phi) is 4.79. The third-order valence-corrected chi connectivity index (χ3v) is 5.04. The Morgan fingerprint density at radius 3 is 2.62 bits per heavy atom. The molecule has 0 aliphatic heterocycles. The number of nitrogens with one attached hydrogen (secondary N) is 1. The Morgan fingerprint density at radius 2 is 1.81 bits per heavy atom. The molecule has 2 N–H and O–H groups in total. The zero-order valence-corrected chi connectivity index (χ0v) is 16.7. The second-order valence-corrected chi connectivity index (χ2v) is 7.15. The molecule has 0 radical (unpaired) electrons. The predicted molar refractivity (Wildman–Crippen MR) is 118 cm³/mol. The fourth-order valence-corrected chi connectivity index (χ4v) is 3.56. The van der Waals surface area contributed by atoms with Crippen LogP contribution in [0.3, 0.4) is 0 Å². The molecular formula is C24H17N3O5. The minimum atomic E-state index is -1.11. The summed E-state index contributed by atoms with van der Waals surface area (Å²) in [6, 6.07) is 19.8. The molecular weight excluding hydrogens is 410 g/mol. The third kappa shape index (κ3) is 3.65. The van der Waals surface area contributed by atoms with Crippen LogP contribution in [0.5, 0.6) is 0 Å². The number of rotatable bonds is 6. The summed E-state index contributed by atoms with van der Waals surface area (Å²) >= 11 is 0. The average Bonchev–Trinajstić information content (AvgIpc) is 3.52. The molecule has 0 atom stereocenters. The number of carboxylic acid groups (broad SMARTS) is 1. The summed E-state index contributed by atoms with van der Waals surface area (Å²) in [5, 5.41) is 14.9. The number of amides is 1. The Hall–Kier alpha value is -4.59. The summed E-state index contributed by atoms with van der Waals surface area (Å²) in [6.45, 7) is 0.354. The molecule has 1 amide bonds. The number of hydrogen-bond donors (Lipinski definition) is 2. The molecule has 0 aliphatic carbocycles. The van der Waals surface area contributed by atoms with Crippen LogP contribution >= 0.6 is 0 Å². The lowest BCUT2D eigenvalue weighted by molar-refractivity contribution is 0.0660. The van der Waals surface area contributed by atoms with E-state index in [-0.39, 0.29) is 11.5 Å². The van der Waals surface area contributed by atoms with E-state index in [2.05, 4.69) is 10.5 Å². The standard InChI is InChI=1S/C24H17N3O5/c28-23(22-11-15-5-1-4-8-20(15)32-22)26-25-12-16-13-27(19-7-3-2-6-18(16)19)14-17-9-10-21(31-17)24(29)30/h1-13H,14H2,(H,26,28)(H,29,30)/b25-12+. The van der Waals surface area contributed by atoms with Gasteiger partial charge in [-0.1, -0.05) is 36.4 Å². The zero-order chi connectivity index (χ0) is 22.1. The highest BCUT2D eigenvalue weighted by Gasteiger charge is 2.13. The number of nitrogens with zero attached hydrogens (tertiary/aromatic N) is 2. The normalized spacial score (nSPS) is 11.5. The number of furan rings is 2. The molecule has 0 spiro atoms. The fourth-order valence-electron chi connectivity index (χ4n) is 3.56. The van der Waals surface area contributed by atoms with E-state index in [4.69, 9.17) is 13.9 Å². The van der Waals surface area contributed by atoms with Crippen molar-refractivity contribution >= 4 is 40.0 Å². The van der Waals surface area contributed by atoms with Crippen LogP contribution in [0.4, 0.5) is 0 Å². The summed E-state index contributed by atoms with van der Waals surface area (Å²) in [5.41, 5.74) is 4.83. The van der Waals surface area contributed by atoms with E-state index in [1.54, 1.807) is 24.4 Å². The molecule has 0 aliphatic rings. The highest BCUT2D eigenvalue weighted by Crippen LogP contribution is 2.22. The lowest BCUT2D eigenvalue weighted by Crippen LogP contribution is -2.16. The molecule has 2 aromatic carbocycles. The Bertz CT molecular complexity index is 1450. The van der Waals surface area contributed by atoms with E-state index >= 15 is 0 Å². The number of carbonyl (C=O) groups is 2. The van der Waals surface area contributed by atoms with Gasteiger partial charge in [-0.15, -0.1) is 0 Å². The number of fused-ring (bicyclic) bond motifs is 2. The summed E-state index contributed by atoms with van der Waals surface area (Å²) < 4.78 is 12.9. The molecule has 5 aromatic rings. The summed E-state index contributed by atoms with van der Waals surface area (Å²) in [4.78, 5) is 23.4. The maximum Gasteiger partial charge on any atom is 0.371 e. The van der Waals surface area contributed by atoms with E-state index < -0.39 is 11.9 Å². The van der Waals surface area contributed by atoms with Gasteiger partial charge in [0.2, 0.25) is 5.76 Å². The smallest absolute Gasteiger partial charge is 0.371 e. The van der Waals surface area contributed by atoms with E-state index in [1.165, 1.54) is 6.07 Å². The van der Waals surface area contributed by atoms with Gasteiger partial charge in [0.15, 0.2) is 5.76 Å². The highest BCUT2D eigenvalue weighted by molar-refractivity contribution is 6.01. The van der Waals surface area contributed by atoms with Gasteiger partial charge >= 0.3 is 11.9 Å². The minimum Gasteiger partial charge on any atom is -0.475 e. The molecule has 158 valence electrons. The lowest BCUT2D eigenvalue weighted by atomic mass is 10.2. The van der Waals surface area contributed by atoms with Gasteiger partial charge in [-0.2, -0.15) is 5.10 Å². The number of hydrogen-bond acceptors (Lipinski definition) is 5. The Labute approximate surface area is 181 Å². The number of aromatic nitrogens is 1. The van der Waals surface area contributed by atoms with Crippen molar-refractivity contribution in [3.63, 3.8) is 0 Å². The van der Waals surface area contributed by atoms with Crippen molar-refractivity contribution in [2.24, 2.45) is 5.10 Å². The molecule has 0 bridgehead atoms. The lowest BCUT2D eigenvalue weighted by Gasteiger charge is -2.02. The molecule has 0 saturated heterocycles. The van der Waals surface area contributed by atoms with E-state index in [1.807, 2.05) is 53.2 Å². The van der Waals surface area contributed by atoms with Crippen LogP contribution in [-0.2, 0) is 6.54 Å². The van der Waals surface area contributed by atoms with Gasteiger partial charge < -0.3 is 18.5 Å². The van der Waals surface area contributed by atoms with E-state index in [0.29, 0.717) is 17.9 Å². The molecule has 3 aromatic heterocycles. The number of benzene rings is 2. The molecule has 32 heavy (non-hydrogen) atoms. The fraction of sp³-hybridized carbons (Fsp3) is 0.0417. The van der Waals surface area contributed by atoms with Crippen molar-refractivity contribution in [2.45, 2.75) is 6.54 Å². The maximum atomic E-state index is 12.4. The molecule has 8 heteroatoms. The number of aromatic carboxylic acids is 1. The number of carboxylic acids is 1. The van der Waals surface area contributed by atoms with Gasteiger partial charge in [0.05, 0.1) is 12.8 Å². The van der Waals surface area contributed by atoms with Crippen LogP contribution in [0.1, 0.15) is 32.4 Å². The van der Waals surface area contributed by atoms with Crippen LogP contribution in [0.25, 0.3) is 21.9 Å². The van der Waals surface area contributed by atoms with Crippen LogP contribution in [-0.4, -0.2) is 27.8 Å². The Balaban J connectivity index is 1.37. The first kappa shape index (κ1) is 19.4. The quantitative estimate of drug-likeness (QED) is 0.306. The van der Waals surface area contributed by atoms with Crippen molar-refractivity contribution in [2.75, 3.05) is 0 Å². The van der Waals surface area contributed by atoms with Crippen molar-refractivity contribution in [3.8, 4) is 0 Å². The van der Waals surface area contributed by atoms with Crippen LogP contribution in [0.2, 0.25) is 0 Å². The molecule has 0 fully saturated rings. The first-order valence-electron chi connectivity index (χ1n) is 9.80. The number of hydrazone groups is 1. The first-order chi connectivity index (χ1) is 15.6. The maximum absolute atomic E-state index is 12.4. The number of carbonyl (C=O) groups excluding carboxylic acids is 1. The Morgan fingerprint density at radius 1 is 1.00 bits per heavy atom. The van der Waals surface area contributed by atoms with Gasteiger partial charge in [0, 0.05) is 28.0 Å². The minimum absolute atomic E-state index is 0.105. The van der Waals surface area contributed by atoms with Crippen LogP contribution in [0, 0.1) is 0 Å². The second-order valence-electron chi connectivity index (χ2n) is 7.15. The average molecular weight is 427 g/mol. The van der Waals surface area contributed by atoms with Gasteiger partial charge in [0.1, 0.15) is 11.3 Å². The predicted octanol–water partition coefficient (Wildman–Crippen LogP) is 4.49. The molecule has 5 rings (SSSR count). The van der Waals surface area contributed by atoms with Gasteiger partial charge in [-0.05, 0) is 30.3 Å². The highest BCUT2D eigenvalue weighted by atomic mass is 16.4. The third-order valence-electron chi connectivity index (χ3n) is 5.04. The molecule has 8 nitrogen and oxygen atoms in total. The zero-order valence-electron chi connectivity index (χ0n) is 16.7. The molecule has 0 saturated carbocycles. The number of para-hydroxylation sites is 2. The van der Waals surface area contributed by atoms with Crippen molar-refractivity contribution in [1.29, 1.82) is 0 Å². The van der Waals surface area contributed by atoms with Crippen LogP contribution in [0.15, 0.2) is 86.9 Å². The molecule has 3 heterocycles. The summed E-state index contributed by atoms with van der Waals surface area (Å²) in [5.74, 6) is -0.964. The summed E-state index contributed by atoms with van der Waals surface area (Å²) in [7, 11) is 0. The van der Waals surface area contributed by atoms with Crippen molar-refractivity contribution in [3.05, 3.63) is 95.8 Å². The van der Waals surface area contributed by atoms with Crippen molar-refractivity contribution < 1.29 is 23.5 Å². The van der Waals surface area contributed by atoms with E-state index in [0.717, 1.165) is 21.9 Å². The topological polar surface area (TPSA) is 110 Å². The van der Waals surface area contributed by atoms with Crippen LogP contribution < -0.4 is 5.43 Å². The first-order valence-corrected chi connectivity index (χ1v) is 9.80.